The number of carbonyl (C=O) groups is 1. The van der Waals surface area contributed by atoms with Crippen LogP contribution in [-0.4, -0.2) is 64.4 Å². The first-order chi connectivity index (χ1) is 16.9. The van der Waals surface area contributed by atoms with Gasteiger partial charge in [-0.2, -0.15) is 13.2 Å². The van der Waals surface area contributed by atoms with Gasteiger partial charge in [0.2, 0.25) is 0 Å². The molecule has 9 heteroatoms. The Hall–Kier alpha value is -2.91. The molecule has 6 nitrogen and oxygen atoms in total. The van der Waals surface area contributed by atoms with Crippen LogP contribution in [0.3, 0.4) is 0 Å². The molecule has 3 heterocycles. The van der Waals surface area contributed by atoms with Gasteiger partial charge < -0.3 is 14.0 Å². The van der Waals surface area contributed by atoms with Crippen molar-refractivity contribution in [2.24, 2.45) is 0 Å². The zero-order valence-corrected chi connectivity index (χ0v) is 19.5. The smallest absolute Gasteiger partial charge is 0.375 e. The number of ether oxygens (including phenoxy) is 1. The van der Waals surface area contributed by atoms with Gasteiger partial charge in [0.1, 0.15) is 5.65 Å². The number of hydrogen-bond donors (Lipinski definition) is 0. The third-order valence-corrected chi connectivity index (χ3v) is 7.13. The summed E-state index contributed by atoms with van der Waals surface area (Å²) in [5.74, 6) is 0.320. The monoisotopic (exact) mass is 486 g/mol. The molecule has 1 aromatic carbocycles. The van der Waals surface area contributed by atoms with E-state index in [0.29, 0.717) is 48.9 Å². The normalized spacial score (nSPS) is 17.6. The number of pyridine rings is 1. The van der Waals surface area contributed by atoms with Crippen LogP contribution in [-0.2, 0) is 17.5 Å². The van der Waals surface area contributed by atoms with Gasteiger partial charge in [0, 0.05) is 51.3 Å². The first-order valence-electron chi connectivity index (χ1n) is 12.1. The average Bonchev–Trinajstić information content (AvgIpc) is 3.30. The van der Waals surface area contributed by atoms with Crippen molar-refractivity contribution in [1.29, 1.82) is 0 Å². The highest BCUT2D eigenvalue weighted by atomic mass is 19.4. The molecular weight excluding hydrogens is 457 g/mol. The van der Waals surface area contributed by atoms with E-state index < -0.39 is 11.7 Å². The summed E-state index contributed by atoms with van der Waals surface area (Å²) in [5, 5.41) is 0. The molecule has 2 fully saturated rings. The van der Waals surface area contributed by atoms with Gasteiger partial charge in [0.05, 0.1) is 24.3 Å². The van der Waals surface area contributed by atoms with E-state index in [9.17, 15) is 18.0 Å². The van der Waals surface area contributed by atoms with Crippen LogP contribution in [0.5, 0.6) is 0 Å². The third kappa shape index (κ3) is 5.21. The Morgan fingerprint density at radius 2 is 1.89 bits per heavy atom. The van der Waals surface area contributed by atoms with Crippen LogP contribution in [0.2, 0.25) is 0 Å². The number of hydrogen-bond acceptors (Lipinski definition) is 4. The minimum absolute atomic E-state index is 0.0224. The number of nitrogens with zero attached hydrogens (tertiary/aromatic N) is 4. The molecule has 1 amide bonds. The van der Waals surface area contributed by atoms with Crippen LogP contribution < -0.4 is 0 Å². The molecule has 1 saturated carbocycles. The van der Waals surface area contributed by atoms with Gasteiger partial charge in [-0.25, -0.2) is 4.98 Å². The Labute approximate surface area is 202 Å². The van der Waals surface area contributed by atoms with Crippen molar-refractivity contribution in [2.45, 2.75) is 38.0 Å². The van der Waals surface area contributed by atoms with Gasteiger partial charge in [0.15, 0.2) is 0 Å². The van der Waals surface area contributed by atoms with Crippen LogP contribution in [0.4, 0.5) is 13.2 Å². The molecule has 0 atom stereocenters. The number of piperazine rings is 1. The largest absolute Gasteiger partial charge is 0.416 e. The molecule has 0 bridgehead atoms. The van der Waals surface area contributed by atoms with Gasteiger partial charge in [-0.15, -0.1) is 0 Å². The van der Waals surface area contributed by atoms with Crippen molar-refractivity contribution in [1.82, 2.24) is 19.2 Å². The Morgan fingerprint density at radius 3 is 2.60 bits per heavy atom. The molecule has 5 rings (SSSR count). The fourth-order valence-electron chi connectivity index (χ4n) is 4.86. The predicted molar refractivity (Wildman–Crippen MR) is 125 cm³/mol. The first kappa shape index (κ1) is 23.8. The summed E-state index contributed by atoms with van der Waals surface area (Å²) in [7, 11) is 0. The number of rotatable bonds is 7. The van der Waals surface area contributed by atoms with E-state index in [2.05, 4.69) is 9.88 Å². The second-order valence-corrected chi connectivity index (χ2v) is 9.31. The Bertz CT molecular complexity index is 1180. The standard InChI is InChI=1S/C26H29F3N4O2/c27-26(28,29)21-6-7-22(19-3-1-4-19)20(17-21)18-35-16-15-31-11-13-33(14-12-31)25(34)23-5-2-9-32-10-8-30-24(23)32/h2,5-10,17,19H,1,3-4,11-16,18H2. The maximum atomic E-state index is 13.2. The zero-order chi connectivity index (χ0) is 24.4. The lowest BCUT2D eigenvalue weighted by Gasteiger charge is -2.34. The van der Waals surface area contributed by atoms with E-state index in [1.807, 2.05) is 27.8 Å². The summed E-state index contributed by atoms with van der Waals surface area (Å²) in [6.07, 6.45) is 4.18. The van der Waals surface area contributed by atoms with Crippen molar-refractivity contribution in [2.75, 3.05) is 39.3 Å². The van der Waals surface area contributed by atoms with Crippen LogP contribution >= 0.6 is 0 Å². The number of imidazole rings is 1. The molecule has 35 heavy (non-hydrogen) atoms. The highest BCUT2D eigenvalue weighted by molar-refractivity contribution is 5.99. The van der Waals surface area contributed by atoms with Crippen molar-refractivity contribution in [3.63, 3.8) is 0 Å². The Balaban J connectivity index is 1.11. The Morgan fingerprint density at radius 1 is 1.09 bits per heavy atom. The second-order valence-electron chi connectivity index (χ2n) is 9.31. The number of carbonyl (C=O) groups excluding carboxylic acids is 1. The van der Waals surface area contributed by atoms with Gasteiger partial charge in [0.25, 0.3) is 5.91 Å². The van der Waals surface area contributed by atoms with E-state index in [1.54, 1.807) is 18.3 Å². The topological polar surface area (TPSA) is 50.1 Å². The summed E-state index contributed by atoms with van der Waals surface area (Å²) in [5.41, 5.74) is 2.27. The van der Waals surface area contributed by atoms with E-state index in [1.165, 1.54) is 12.1 Å². The van der Waals surface area contributed by atoms with E-state index in [4.69, 9.17) is 4.74 Å². The summed E-state index contributed by atoms with van der Waals surface area (Å²) in [6.45, 7) is 3.97. The van der Waals surface area contributed by atoms with Crippen LogP contribution in [0.25, 0.3) is 5.65 Å². The van der Waals surface area contributed by atoms with Crippen LogP contribution in [0, 0.1) is 0 Å². The molecule has 0 unspecified atom stereocenters. The predicted octanol–water partition coefficient (Wildman–Crippen LogP) is 4.60. The number of aromatic nitrogens is 2. The molecule has 0 radical (unpaired) electrons. The Kier molecular flexibility index (Phi) is 6.80. The minimum Gasteiger partial charge on any atom is -0.375 e. The molecule has 0 N–H and O–H groups in total. The fourth-order valence-corrected chi connectivity index (χ4v) is 4.86. The van der Waals surface area contributed by atoms with Crippen LogP contribution in [0.1, 0.15) is 52.2 Å². The lowest BCUT2D eigenvalue weighted by Crippen LogP contribution is -2.49. The average molecular weight is 487 g/mol. The van der Waals surface area contributed by atoms with Gasteiger partial charge >= 0.3 is 6.18 Å². The number of fused-ring (bicyclic) bond motifs is 1. The molecule has 1 aliphatic carbocycles. The molecule has 1 saturated heterocycles. The van der Waals surface area contributed by atoms with Gasteiger partial charge in [-0.3, -0.25) is 9.69 Å². The second kappa shape index (κ2) is 9.99. The van der Waals surface area contributed by atoms with Crippen molar-refractivity contribution >= 4 is 11.6 Å². The number of halogens is 3. The molecule has 186 valence electrons. The van der Waals surface area contributed by atoms with Gasteiger partial charge in [-0.05, 0) is 54.2 Å². The summed E-state index contributed by atoms with van der Waals surface area (Å²) >= 11 is 0. The van der Waals surface area contributed by atoms with Crippen molar-refractivity contribution in [3.05, 3.63) is 71.2 Å². The molecule has 2 aliphatic rings. The minimum atomic E-state index is -4.35. The number of alkyl halides is 3. The van der Waals surface area contributed by atoms with Gasteiger partial charge in [-0.1, -0.05) is 12.5 Å². The molecule has 2 aromatic heterocycles. The molecular formula is C26H29F3N4O2. The zero-order valence-electron chi connectivity index (χ0n) is 19.5. The van der Waals surface area contributed by atoms with E-state index in [-0.39, 0.29) is 12.5 Å². The highest BCUT2D eigenvalue weighted by Gasteiger charge is 2.32. The summed E-state index contributed by atoms with van der Waals surface area (Å²) in [6, 6.07) is 7.71. The fraction of sp³-hybridized carbons (Fsp3) is 0.462. The van der Waals surface area contributed by atoms with Crippen molar-refractivity contribution < 1.29 is 22.7 Å². The number of benzene rings is 1. The number of amides is 1. The highest BCUT2D eigenvalue weighted by Crippen LogP contribution is 2.40. The van der Waals surface area contributed by atoms with Crippen LogP contribution in [0.15, 0.2) is 48.9 Å². The maximum absolute atomic E-state index is 13.2. The lowest BCUT2D eigenvalue weighted by molar-refractivity contribution is -0.137. The molecule has 0 spiro atoms. The summed E-state index contributed by atoms with van der Waals surface area (Å²) in [4.78, 5) is 21.4. The maximum Gasteiger partial charge on any atom is 0.416 e. The first-order valence-corrected chi connectivity index (χ1v) is 12.1. The van der Waals surface area contributed by atoms with E-state index >= 15 is 0 Å². The lowest BCUT2D eigenvalue weighted by atomic mass is 9.78. The molecule has 3 aromatic rings. The SMILES string of the molecule is O=C(c1cccn2ccnc12)N1CCN(CCOCc2cc(C(F)(F)F)ccc2C2CCC2)CC1. The molecule has 1 aliphatic heterocycles. The third-order valence-electron chi connectivity index (χ3n) is 7.13. The summed E-state index contributed by atoms with van der Waals surface area (Å²) < 4.78 is 47.3. The van der Waals surface area contributed by atoms with E-state index in [0.717, 1.165) is 37.9 Å². The quantitative estimate of drug-likeness (QED) is 0.459. The van der Waals surface area contributed by atoms with Crippen molar-refractivity contribution in [3.8, 4) is 0 Å².